The topological polar surface area (TPSA) is 115 Å². The molecule has 5 unspecified atom stereocenters. The van der Waals surface area contributed by atoms with Gasteiger partial charge in [0, 0.05) is 16.0 Å². The Labute approximate surface area is 263 Å². The van der Waals surface area contributed by atoms with Crippen LogP contribution in [0.25, 0.3) is 0 Å². The monoisotopic (exact) mass is 634 g/mol. The van der Waals surface area contributed by atoms with Gasteiger partial charge in [0.2, 0.25) is 11.8 Å². The Kier molecular flexibility index (Phi) is 7.36. The van der Waals surface area contributed by atoms with Gasteiger partial charge in [-0.05, 0) is 79.0 Å². The van der Waals surface area contributed by atoms with Crippen LogP contribution in [0.2, 0.25) is 0 Å². The van der Waals surface area contributed by atoms with E-state index in [2.05, 4.69) is 18.8 Å². The van der Waals surface area contributed by atoms with Crippen LogP contribution >= 0.6 is 23.1 Å². The third-order valence-corrected chi connectivity index (χ3v) is 12.1. The van der Waals surface area contributed by atoms with Crippen molar-refractivity contribution in [1.82, 2.24) is 4.98 Å². The molecule has 2 aliphatic carbocycles. The molecule has 11 heteroatoms. The van der Waals surface area contributed by atoms with E-state index in [4.69, 9.17) is 14.2 Å². The number of imide groups is 1. The molecule has 2 bridgehead atoms. The van der Waals surface area contributed by atoms with Gasteiger partial charge in [-0.25, -0.2) is 4.79 Å². The average Bonchev–Trinajstić information content (AvgIpc) is 3.75. The molecule has 7 rings (SSSR count). The van der Waals surface area contributed by atoms with Crippen LogP contribution in [0.5, 0.6) is 11.5 Å². The Hall–Kier alpha value is -3.57. The molecule has 0 radical (unpaired) electrons. The quantitative estimate of drug-likeness (QED) is 0.261. The van der Waals surface area contributed by atoms with Crippen LogP contribution in [0.1, 0.15) is 53.9 Å². The number of hydrogen-bond donors (Lipinski definition) is 1. The van der Waals surface area contributed by atoms with Crippen molar-refractivity contribution in [3.63, 3.8) is 0 Å². The smallest absolute Gasteiger partial charge is 0.338 e. The number of methoxy groups -OCH3 is 1. The largest absolute Gasteiger partial charge is 0.493 e. The molecule has 2 aromatic carbocycles. The molecule has 2 saturated carbocycles. The van der Waals surface area contributed by atoms with Crippen molar-refractivity contribution < 1.29 is 28.6 Å². The van der Waals surface area contributed by atoms with Crippen molar-refractivity contribution in [2.75, 3.05) is 25.2 Å². The highest BCUT2D eigenvalue weighted by atomic mass is 32.2. The van der Waals surface area contributed by atoms with Gasteiger partial charge < -0.3 is 19.2 Å². The molecule has 2 amide bonds. The number of esters is 1. The molecule has 44 heavy (non-hydrogen) atoms. The maximum Gasteiger partial charge on any atom is 0.338 e. The van der Waals surface area contributed by atoms with Crippen LogP contribution < -0.4 is 19.2 Å². The number of thiazole rings is 1. The lowest BCUT2D eigenvalue weighted by atomic mass is 9.68. The number of aromatic nitrogens is 1. The van der Waals surface area contributed by atoms with E-state index in [9.17, 15) is 19.2 Å². The van der Waals surface area contributed by atoms with Crippen LogP contribution in [-0.2, 0) is 14.3 Å². The van der Waals surface area contributed by atoms with Crippen molar-refractivity contribution in [2.24, 2.45) is 35.5 Å². The number of nitrogens with zero attached hydrogens (tertiary/aromatic N) is 1. The first-order valence-electron chi connectivity index (χ1n) is 15.1. The number of thioether (sulfide) groups is 1. The van der Waals surface area contributed by atoms with Gasteiger partial charge >= 0.3 is 10.8 Å². The Balaban J connectivity index is 1.23. The highest BCUT2D eigenvalue weighted by Crippen LogP contribution is 2.68. The number of H-pyrrole nitrogens is 1. The normalized spacial score (nSPS) is 28.2. The van der Waals surface area contributed by atoms with E-state index in [1.807, 2.05) is 18.2 Å². The predicted octanol–water partition coefficient (Wildman–Crippen LogP) is 5.33. The number of carbonyl (C=O) groups is 3. The fourth-order valence-electron chi connectivity index (χ4n) is 7.86. The van der Waals surface area contributed by atoms with Crippen LogP contribution in [0.3, 0.4) is 0 Å². The number of carbonyl (C=O) groups excluding carboxylic acids is 3. The maximum atomic E-state index is 14.1. The maximum absolute atomic E-state index is 14.1. The van der Waals surface area contributed by atoms with E-state index < -0.39 is 17.8 Å². The lowest BCUT2D eigenvalue weighted by Crippen LogP contribution is -2.42. The van der Waals surface area contributed by atoms with E-state index in [1.54, 1.807) is 50.1 Å². The number of fused-ring (bicyclic) bond motifs is 9. The predicted molar refractivity (Wildman–Crippen MR) is 167 cm³/mol. The minimum absolute atomic E-state index is 0.00912. The molecular formula is C33H34N2O7S2. The van der Waals surface area contributed by atoms with E-state index in [-0.39, 0.29) is 52.2 Å². The highest BCUT2D eigenvalue weighted by Gasteiger charge is 2.69. The first-order valence-corrected chi connectivity index (χ1v) is 16.8. The van der Waals surface area contributed by atoms with Gasteiger partial charge in [0.05, 0.1) is 48.4 Å². The molecule has 3 fully saturated rings. The molecule has 4 aliphatic rings. The molecule has 1 aromatic heterocycles. The zero-order chi connectivity index (χ0) is 30.9. The lowest BCUT2D eigenvalue weighted by Gasteiger charge is -2.43. The van der Waals surface area contributed by atoms with Gasteiger partial charge in [-0.15, -0.1) is 11.8 Å². The van der Waals surface area contributed by atoms with Gasteiger partial charge in [0.25, 0.3) is 0 Å². The van der Waals surface area contributed by atoms with E-state index in [0.717, 1.165) is 21.9 Å². The summed E-state index contributed by atoms with van der Waals surface area (Å²) < 4.78 is 16.8. The van der Waals surface area contributed by atoms with Gasteiger partial charge in [-0.2, -0.15) is 0 Å². The average molecular weight is 635 g/mol. The minimum Gasteiger partial charge on any atom is -0.493 e. The fourth-order valence-corrected chi connectivity index (χ4v) is 10.7. The standard InChI is InChI=1S/C33H34N2O7S2/c1-5-41-32(38)16-6-9-18(10-7-16)35-30(36)25-19-13-20(26(25)31(35)37)27-24(19)23(28-29(43-27)34-33(39)44-28)17-8-11-21(22(12-17)40-4)42-14-15(2)3/h6-12,15,19-20,23-27H,5,13-14H2,1-4H3,(H,34,39)/t19-,20-,23?,24?,25?,26?,27?/m1/s1. The number of amides is 2. The minimum atomic E-state index is -0.443. The third-order valence-electron chi connectivity index (χ3n) is 9.48. The summed E-state index contributed by atoms with van der Waals surface area (Å²) >= 11 is 2.89. The molecule has 7 atom stereocenters. The molecule has 2 aliphatic heterocycles. The Morgan fingerprint density at radius 3 is 2.43 bits per heavy atom. The fraction of sp³-hybridized carbons (Fsp3) is 0.455. The number of ether oxygens (including phenoxy) is 3. The van der Waals surface area contributed by atoms with Crippen molar-refractivity contribution >= 4 is 46.6 Å². The lowest BCUT2D eigenvalue weighted by molar-refractivity contribution is -0.123. The molecule has 230 valence electrons. The number of benzene rings is 2. The van der Waals surface area contributed by atoms with Crippen molar-refractivity contribution in [3.05, 3.63) is 68.1 Å². The summed E-state index contributed by atoms with van der Waals surface area (Å²) in [7, 11) is 1.62. The highest BCUT2D eigenvalue weighted by molar-refractivity contribution is 8.00. The second-order valence-corrected chi connectivity index (χ2v) is 14.6. The van der Waals surface area contributed by atoms with Crippen LogP contribution in [0.4, 0.5) is 5.69 Å². The van der Waals surface area contributed by atoms with E-state index >= 15 is 0 Å². The number of nitrogens with one attached hydrogen (secondary N) is 1. The summed E-state index contributed by atoms with van der Waals surface area (Å²) in [6.45, 7) is 6.75. The first-order chi connectivity index (χ1) is 21.2. The first kappa shape index (κ1) is 29.2. The van der Waals surface area contributed by atoms with Crippen molar-refractivity contribution in [3.8, 4) is 11.5 Å². The molecule has 1 saturated heterocycles. The van der Waals surface area contributed by atoms with Crippen LogP contribution in [-0.4, -0.2) is 48.3 Å². The van der Waals surface area contributed by atoms with Crippen LogP contribution in [0, 0.1) is 35.5 Å². The number of rotatable bonds is 8. The molecule has 9 nitrogen and oxygen atoms in total. The van der Waals surface area contributed by atoms with E-state index in [0.29, 0.717) is 35.3 Å². The van der Waals surface area contributed by atoms with E-state index in [1.165, 1.54) is 16.2 Å². The molecular weight excluding hydrogens is 601 g/mol. The second kappa shape index (κ2) is 11.1. The molecule has 3 heterocycles. The van der Waals surface area contributed by atoms with Crippen LogP contribution in [0.15, 0.2) is 52.3 Å². The summed E-state index contributed by atoms with van der Waals surface area (Å²) in [6, 6.07) is 12.5. The zero-order valence-electron chi connectivity index (χ0n) is 24.9. The number of anilines is 1. The Morgan fingerprint density at radius 2 is 1.75 bits per heavy atom. The number of hydrogen-bond acceptors (Lipinski definition) is 9. The zero-order valence-corrected chi connectivity index (χ0v) is 26.5. The van der Waals surface area contributed by atoms with Crippen molar-refractivity contribution in [2.45, 2.75) is 43.4 Å². The molecule has 0 spiro atoms. The second-order valence-electron chi connectivity index (χ2n) is 12.4. The number of aromatic amines is 1. The Bertz CT molecular complexity index is 1700. The summed E-state index contributed by atoms with van der Waals surface area (Å²) in [5.74, 6) is -0.0149. The van der Waals surface area contributed by atoms with Gasteiger partial charge in [0.1, 0.15) is 0 Å². The SMILES string of the molecule is CCOC(=O)c1ccc(N2C(=O)C3C(C2=O)[C@@H]2C[C@H]3C3Sc4[nH]c(=O)sc4C(c4ccc(OCC(C)C)c(OC)c4)C32)cc1. The summed E-state index contributed by atoms with van der Waals surface area (Å²) in [4.78, 5) is 58.0. The third kappa shape index (κ3) is 4.50. The molecule has 3 aromatic rings. The summed E-state index contributed by atoms with van der Waals surface area (Å²) in [5.41, 5.74) is 1.86. The van der Waals surface area contributed by atoms with Gasteiger partial charge in [0.15, 0.2) is 11.5 Å². The Morgan fingerprint density at radius 1 is 1.02 bits per heavy atom. The van der Waals surface area contributed by atoms with Gasteiger partial charge in [-0.1, -0.05) is 31.3 Å². The summed E-state index contributed by atoms with van der Waals surface area (Å²) in [5, 5.41) is 0.937. The van der Waals surface area contributed by atoms with Crippen molar-refractivity contribution in [1.29, 1.82) is 0 Å². The summed E-state index contributed by atoms with van der Waals surface area (Å²) in [6.07, 6.45) is 0.799. The van der Waals surface area contributed by atoms with Gasteiger partial charge in [-0.3, -0.25) is 19.3 Å². The molecule has 1 N–H and O–H groups in total.